The smallest absolute Gasteiger partial charge is 0.335 e. The summed E-state index contributed by atoms with van der Waals surface area (Å²) < 4.78 is 9.72. The Hall–Kier alpha value is -3.12. The second kappa shape index (κ2) is 8.31. The summed E-state index contributed by atoms with van der Waals surface area (Å²) in [6.07, 6.45) is 0. The van der Waals surface area contributed by atoms with Gasteiger partial charge in [-0.1, -0.05) is 41.9 Å². The highest BCUT2D eigenvalue weighted by molar-refractivity contribution is 6.34. The fourth-order valence-corrected chi connectivity index (χ4v) is 2.53. The van der Waals surface area contributed by atoms with Gasteiger partial charge in [-0.2, -0.15) is 0 Å². The lowest BCUT2D eigenvalue weighted by Gasteiger charge is -2.11. The van der Waals surface area contributed by atoms with Crippen molar-refractivity contribution in [2.45, 2.75) is 0 Å². The van der Waals surface area contributed by atoms with Crippen LogP contribution in [0.3, 0.4) is 0 Å². The third-order valence-corrected chi connectivity index (χ3v) is 3.97. The van der Waals surface area contributed by atoms with Crippen LogP contribution in [-0.2, 0) is 0 Å². The largest absolute Gasteiger partial charge is 0.503 e. The molecule has 0 aliphatic heterocycles. The van der Waals surface area contributed by atoms with Gasteiger partial charge < -0.3 is 25.4 Å². The van der Waals surface area contributed by atoms with Crippen LogP contribution in [0.25, 0.3) is 10.8 Å². The Morgan fingerprint density at radius 2 is 1.69 bits per heavy atom. The van der Waals surface area contributed by atoms with Gasteiger partial charge in [0.1, 0.15) is 10.8 Å². The number of nitrogen functional groups attached to an aromatic ring is 1. The van der Waals surface area contributed by atoms with Gasteiger partial charge >= 0.3 is 5.97 Å². The lowest BCUT2D eigenvalue weighted by molar-refractivity contribution is 0.0697. The van der Waals surface area contributed by atoms with Crippen molar-refractivity contribution >= 4 is 34.0 Å². The maximum atomic E-state index is 10.6. The van der Waals surface area contributed by atoms with Gasteiger partial charge in [0.15, 0.2) is 11.5 Å². The van der Waals surface area contributed by atoms with Gasteiger partial charge in [-0.05, 0) is 22.9 Å². The number of ether oxygens (including phenoxy) is 2. The number of aromatic hydroxyl groups is 1. The molecule has 3 aromatic rings. The van der Waals surface area contributed by atoms with Crippen molar-refractivity contribution in [2.24, 2.45) is 0 Å². The summed E-state index contributed by atoms with van der Waals surface area (Å²) in [5, 5.41) is 20.3. The molecule has 0 radical (unpaired) electrons. The summed E-state index contributed by atoms with van der Waals surface area (Å²) in [6, 6.07) is 14.3. The minimum atomic E-state index is -0.884. The van der Waals surface area contributed by atoms with E-state index >= 15 is 0 Å². The summed E-state index contributed by atoms with van der Waals surface area (Å²) in [5.41, 5.74) is 6.16. The van der Waals surface area contributed by atoms with Gasteiger partial charge in [0.05, 0.1) is 25.5 Å². The lowest BCUT2D eigenvalue weighted by atomic mass is 10.1. The van der Waals surface area contributed by atoms with E-state index in [9.17, 15) is 9.90 Å². The molecule has 0 bridgehead atoms. The first kappa shape index (κ1) is 19.2. The number of phenolic OH excluding ortho intramolecular Hbond substituents is 1. The lowest BCUT2D eigenvalue weighted by Crippen LogP contribution is -1.95. The van der Waals surface area contributed by atoms with Crippen molar-refractivity contribution in [2.75, 3.05) is 20.0 Å². The van der Waals surface area contributed by atoms with E-state index in [1.165, 1.54) is 20.3 Å². The molecule has 4 N–H and O–H groups in total. The third kappa shape index (κ3) is 4.10. The van der Waals surface area contributed by atoms with Crippen LogP contribution < -0.4 is 15.2 Å². The minimum absolute atomic E-state index is 0.0913. The number of benzene rings is 3. The molecule has 0 aliphatic carbocycles. The van der Waals surface area contributed by atoms with Crippen LogP contribution in [0.4, 0.5) is 5.69 Å². The van der Waals surface area contributed by atoms with Gasteiger partial charge in [-0.3, -0.25) is 0 Å². The van der Waals surface area contributed by atoms with Crippen molar-refractivity contribution in [1.29, 1.82) is 0 Å². The number of carboxylic acids is 1. The van der Waals surface area contributed by atoms with Crippen LogP contribution in [-0.4, -0.2) is 30.4 Å². The Balaban J connectivity index is 0.000000187. The maximum absolute atomic E-state index is 10.6. The number of fused-ring (bicyclic) bond motifs is 1. The molecule has 0 aromatic heterocycles. The molecule has 7 heteroatoms. The Morgan fingerprint density at radius 3 is 2.27 bits per heavy atom. The fourth-order valence-electron chi connectivity index (χ4n) is 2.31. The first-order chi connectivity index (χ1) is 12.4. The molecule has 136 valence electrons. The highest BCUT2D eigenvalue weighted by Crippen LogP contribution is 2.44. The molecule has 0 atom stereocenters. The zero-order valence-corrected chi connectivity index (χ0v) is 14.9. The zero-order valence-electron chi connectivity index (χ0n) is 14.2. The predicted octanol–water partition coefficient (Wildman–Crippen LogP) is 4.18. The Bertz CT molecular complexity index is 943. The molecular formula is C19H18ClNO5. The summed E-state index contributed by atoms with van der Waals surface area (Å²) in [5.74, 6) is -0.616. The topological polar surface area (TPSA) is 102 Å². The van der Waals surface area contributed by atoms with Crippen LogP contribution in [0.2, 0.25) is 5.02 Å². The molecule has 0 heterocycles. The molecule has 0 aliphatic rings. The van der Waals surface area contributed by atoms with Crippen molar-refractivity contribution in [3.05, 3.63) is 59.1 Å². The highest BCUT2D eigenvalue weighted by atomic mass is 35.5. The predicted molar refractivity (Wildman–Crippen MR) is 102 cm³/mol. The van der Waals surface area contributed by atoms with Crippen LogP contribution in [0, 0.1) is 0 Å². The quantitative estimate of drug-likeness (QED) is 0.593. The average Bonchev–Trinajstić information content (AvgIpc) is 2.65. The van der Waals surface area contributed by atoms with E-state index in [0.717, 1.165) is 10.8 Å². The molecule has 0 spiro atoms. The number of carboxylic acid groups (broad SMARTS) is 1. The molecule has 0 fully saturated rings. The summed E-state index contributed by atoms with van der Waals surface area (Å²) in [7, 11) is 2.83. The second-order valence-electron chi connectivity index (χ2n) is 5.23. The number of phenols is 1. The fraction of sp³-hybridized carbons (Fsp3) is 0.105. The van der Waals surface area contributed by atoms with E-state index in [0.29, 0.717) is 11.3 Å². The molecule has 0 saturated heterocycles. The van der Waals surface area contributed by atoms with E-state index < -0.39 is 5.97 Å². The molecule has 0 unspecified atom stereocenters. The van der Waals surface area contributed by atoms with Crippen molar-refractivity contribution in [3.63, 3.8) is 0 Å². The maximum Gasteiger partial charge on any atom is 0.335 e. The monoisotopic (exact) mass is 375 g/mol. The number of rotatable bonds is 3. The van der Waals surface area contributed by atoms with Gasteiger partial charge in [-0.15, -0.1) is 0 Å². The first-order valence-corrected chi connectivity index (χ1v) is 7.87. The van der Waals surface area contributed by atoms with Gasteiger partial charge in [-0.25, -0.2) is 4.79 Å². The van der Waals surface area contributed by atoms with Crippen molar-refractivity contribution in [1.82, 2.24) is 0 Å². The minimum Gasteiger partial charge on any atom is -0.503 e. The summed E-state index contributed by atoms with van der Waals surface area (Å²) in [6.45, 7) is 0. The van der Waals surface area contributed by atoms with E-state index in [-0.39, 0.29) is 22.2 Å². The third-order valence-electron chi connectivity index (χ3n) is 3.61. The van der Waals surface area contributed by atoms with E-state index in [4.69, 9.17) is 31.9 Å². The molecule has 0 saturated carbocycles. The number of aromatic carboxylic acids is 1. The average molecular weight is 376 g/mol. The molecule has 3 aromatic carbocycles. The second-order valence-corrected chi connectivity index (χ2v) is 5.61. The number of carbonyl (C=O) groups is 1. The first-order valence-electron chi connectivity index (χ1n) is 7.50. The summed E-state index contributed by atoms with van der Waals surface area (Å²) >= 11 is 5.74. The van der Waals surface area contributed by atoms with Crippen LogP contribution in [0.1, 0.15) is 10.4 Å². The van der Waals surface area contributed by atoms with Crippen LogP contribution in [0.15, 0.2) is 48.5 Å². The van der Waals surface area contributed by atoms with Crippen LogP contribution >= 0.6 is 11.6 Å². The van der Waals surface area contributed by atoms with Gasteiger partial charge in [0, 0.05) is 6.07 Å². The number of nitrogens with two attached hydrogens (primary N) is 1. The SMILES string of the molecule is COc1cc(N)c(OC)c(O)c1Cl.O=C(O)c1ccc2ccccc2c1. The number of methoxy groups -OCH3 is 2. The Labute approximate surface area is 155 Å². The number of anilines is 1. The molecule has 3 rings (SSSR count). The van der Waals surface area contributed by atoms with Crippen molar-refractivity contribution in [3.8, 4) is 17.2 Å². The van der Waals surface area contributed by atoms with E-state index in [1.54, 1.807) is 12.1 Å². The number of hydrogen-bond acceptors (Lipinski definition) is 5. The van der Waals surface area contributed by atoms with Crippen LogP contribution in [0.5, 0.6) is 17.2 Å². The Morgan fingerprint density at radius 1 is 1.04 bits per heavy atom. The number of hydrogen-bond donors (Lipinski definition) is 3. The van der Waals surface area contributed by atoms with Gasteiger partial charge in [0.2, 0.25) is 0 Å². The molecule has 26 heavy (non-hydrogen) atoms. The molecule has 0 amide bonds. The molecule has 6 nitrogen and oxygen atoms in total. The molecular weight excluding hydrogens is 358 g/mol. The standard InChI is InChI=1S/C11H8O2.C8H10ClNO3/c12-11(13)10-6-5-8-3-1-2-4-9(8)7-10;1-12-5-3-4(10)8(13-2)7(11)6(5)9/h1-7H,(H,12,13);3,11H,10H2,1-2H3. The zero-order chi connectivity index (χ0) is 19.3. The van der Waals surface area contributed by atoms with E-state index in [1.807, 2.05) is 30.3 Å². The van der Waals surface area contributed by atoms with E-state index in [2.05, 4.69) is 0 Å². The Kier molecular flexibility index (Phi) is 6.14. The number of halogens is 1. The normalized spacial score (nSPS) is 9.96. The highest BCUT2D eigenvalue weighted by Gasteiger charge is 2.15. The van der Waals surface area contributed by atoms with Crippen molar-refractivity contribution < 1.29 is 24.5 Å². The van der Waals surface area contributed by atoms with Gasteiger partial charge in [0.25, 0.3) is 0 Å². The summed E-state index contributed by atoms with van der Waals surface area (Å²) in [4.78, 5) is 10.6.